The SMILES string of the molecule is C/C=C/CCNS(=O)(=O)c1ccc(F)c(F)c1. The molecule has 0 bridgehead atoms. The van der Waals surface area contributed by atoms with E-state index in [0.29, 0.717) is 12.5 Å². The van der Waals surface area contributed by atoms with Crippen molar-refractivity contribution in [3.05, 3.63) is 42.0 Å². The van der Waals surface area contributed by atoms with Crippen molar-refractivity contribution in [3.63, 3.8) is 0 Å². The smallest absolute Gasteiger partial charge is 0.211 e. The number of sulfonamides is 1. The molecule has 0 saturated heterocycles. The van der Waals surface area contributed by atoms with Gasteiger partial charge in [-0.2, -0.15) is 0 Å². The second-order valence-electron chi connectivity index (χ2n) is 3.33. The quantitative estimate of drug-likeness (QED) is 0.652. The van der Waals surface area contributed by atoms with Gasteiger partial charge in [-0.3, -0.25) is 0 Å². The standard InChI is InChI=1S/C11H13F2NO2S/c1-2-3-4-7-14-17(15,16)9-5-6-10(12)11(13)8-9/h2-3,5-6,8,14H,4,7H2,1H3/b3-2+. The van der Waals surface area contributed by atoms with Crippen LogP contribution in [-0.4, -0.2) is 15.0 Å². The predicted octanol–water partition coefficient (Wildman–Crippen LogP) is 2.21. The van der Waals surface area contributed by atoms with Crippen LogP contribution >= 0.6 is 0 Å². The van der Waals surface area contributed by atoms with E-state index in [1.165, 1.54) is 0 Å². The fourth-order valence-corrected chi connectivity index (χ4v) is 2.23. The van der Waals surface area contributed by atoms with Crippen LogP contribution < -0.4 is 4.72 Å². The normalized spacial score (nSPS) is 12.2. The van der Waals surface area contributed by atoms with E-state index in [-0.39, 0.29) is 11.4 Å². The molecule has 0 fully saturated rings. The van der Waals surface area contributed by atoms with Gasteiger partial charge in [-0.1, -0.05) is 12.2 Å². The van der Waals surface area contributed by atoms with Crippen LogP contribution in [0.15, 0.2) is 35.2 Å². The average molecular weight is 261 g/mol. The molecule has 0 saturated carbocycles. The van der Waals surface area contributed by atoms with Gasteiger partial charge < -0.3 is 0 Å². The maximum absolute atomic E-state index is 12.9. The number of allylic oxidation sites excluding steroid dienone is 1. The summed E-state index contributed by atoms with van der Waals surface area (Å²) in [6.45, 7) is 2.04. The van der Waals surface area contributed by atoms with E-state index >= 15 is 0 Å². The van der Waals surface area contributed by atoms with E-state index in [1.54, 1.807) is 12.2 Å². The molecule has 94 valence electrons. The van der Waals surface area contributed by atoms with Crippen molar-refractivity contribution >= 4 is 10.0 Å². The summed E-state index contributed by atoms with van der Waals surface area (Å²) in [6, 6.07) is 2.47. The van der Waals surface area contributed by atoms with Gasteiger partial charge in [-0.25, -0.2) is 21.9 Å². The van der Waals surface area contributed by atoms with Crippen LogP contribution in [0.3, 0.4) is 0 Å². The molecule has 1 aromatic carbocycles. The highest BCUT2D eigenvalue weighted by Crippen LogP contribution is 2.13. The van der Waals surface area contributed by atoms with Gasteiger partial charge in [0.15, 0.2) is 11.6 Å². The second-order valence-corrected chi connectivity index (χ2v) is 5.10. The van der Waals surface area contributed by atoms with Crippen LogP contribution in [0.4, 0.5) is 8.78 Å². The van der Waals surface area contributed by atoms with E-state index < -0.39 is 21.7 Å². The number of hydrogen-bond acceptors (Lipinski definition) is 2. The van der Waals surface area contributed by atoms with E-state index in [4.69, 9.17) is 0 Å². The molecule has 0 aliphatic heterocycles. The van der Waals surface area contributed by atoms with Crippen molar-refractivity contribution in [2.24, 2.45) is 0 Å². The van der Waals surface area contributed by atoms with Gasteiger partial charge in [0.25, 0.3) is 0 Å². The molecule has 1 aromatic rings. The molecule has 6 heteroatoms. The van der Waals surface area contributed by atoms with Crippen molar-refractivity contribution < 1.29 is 17.2 Å². The molecule has 0 aliphatic rings. The first-order valence-corrected chi connectivity index (χ1v) is 6.51. The summed E-state index contributed by atoms with van der Waals surface area (Å²) < 4.78 is 51.1. The zero-order chi connectivity index (χ0) is 12.9. The van der Waals surface area contributed by atoms with Gasteiger partial charge >= 0.3 is 0 Å². The highest BCUT2D eigenvalue weighted by atomic mass is 32.2. The van der Waals surface area contributed by atoms with Crippen molar-refractivity contribution in [2.75, 3.05) is 6.54 Å². The van der Waals surface area contributed by atoms with Gasteiger partial charge in [0, 0.05) is 6.54 Å². The minimum absolute atomic E-state index is 0.214. The minimum Gasteiger partial charge on any atom is -0.211 e. The number of benzene rings is 1. The van der Waals surface area contributed by atoms with E-state index in [1.807, 2.05) is 6.92 Å². The average Bonchev–Trinajstić information content (AvgIpc) is 2.28. The van der Waals surface area contributed by atoms with Gasteiger partial charge in [0.05, 0.1) is 4.90 Å². The Morgan fingerprint density at radius 1 is 1.29 bits per heavy atom. The first-order chi connectivity index (χ1) is 7.97. The lowest BCUT2D eigenvalue weighted by molar-refractivity contribution is 0.504. The molecule has 0 unspecified atom stereocenters. The van der Waals surface area contributed by atoms with Crippen molar-refractivity contribution in [3.8, 4) is 0 Å². The Bertz CT molecular complexity index is 512. The molecule has 3 nitrogen and oxygen atoms in total. The molecule has 0 radical (unpaired) electrons. The number of rotatable bonds is 5. The van der Waals surface area contributed by atoms with Crippen LogP contribution in [0.5, 0.6) is 0 Å². The lowest BCUT2D eigenvalue weighted by atomic mass is 10.3. The Hall–Kier alpha value is -1.27. The van der Waals surface area contributed by atoms with Gasteiger partial charge in [-0.15, -0.1) is 0 Å². The van der Waals surface area contributed by atoms with Crippen molar-refractivity contribution in [1.29, 1.82) is 0 Å². The maximum Gasteiger partial charge on any atom is 0.240 e. The van der Waals surface area contributed by atoms with Crippen molar-refractivity contribution in [1.82, 2.24) is 4.72 Å². The van der Waals surface area contributed by atoms with Crippen LogP contribution in [0, 0.1) is 11.6 Å². The Morgan fingerprint density at radius 2 is 2.00 bits per heavy atom. The molecule has 1 N–H and O–H groups in total. The number of hydrogen-bond donors (Lipinski definition) is 1. The van der Waals surface area contributed by atoms with Crippen molar-refractivity contribution in [2.45, 2.75) is 18.2 Å². The summed E-state index contributed by atoms with van der Waals surface area (Å²) in [6.07, 6.45) is 4.14. The van der Waals surface area contributed by atoms with Crippen LogP contribution in [0.25, 0.3) is 0 Å². The third kappa shape index (κ3) is 3.90. The Morgan fingerprint density at radius 3 is 2.59 bits per heavy atom. The van der Waals surface area contributed by atoms with E-state index in [0.717, 1.165) is 12.1 Å². The molecule has 1 rings (SSSR count). The highest BCUT2D eigenvalue weighted by molar-refractivity contribution is 7.89. The lowest BCUT2D eigenvalue weighted by Gasteiger charge is -2.05. The van der Waals surface area contributed by atoms with Gasteiger partial charge in [0.1, 0.15) is 0 Å². The Kier molecular flexibility index (Phi) is 4.77. The highest BCUT2D eigenvalue weighted by Gasteiger charge is 2.15. The van der Waals surface area contributed by atoms with Gasteiger partial charge in [0.2, 0.25) is 10.0 Å². The molecule has 0 spiro atoms. The predicted molar refractivity (Wildman–Crippen MR) is 61.0 cm³/mol. The van der Waals surface area contributed by atoms with Crippen LogP contribution in [-0.2, 0) is 10.0 Å². The zero-order valence-corrected chi connectivity index (χ0v) is 10.1. The number of halogens is 2. The zero-order valence-electron chi connectivity index (χ0n) is 9.28. The molecule has 0 amide bonds. The first-order valence-electron chi connectivity index (χ1n) is 5.03. The summed E-state index contributed by atoms with van der Waals surface area (Å²) >= 11 is 0. The van der Waals surface area contributed by atoms with Crippen LogP contribution in [0.2, 0.25) is 0 Å². The summed E-state index contributed by atoms with van der Waals surface area (Å²) in [5, 5.41) is 0. The monoisotopic (exact) mass is 261 g/mol. The summed E-state index contributed by atoms with van der Waals surface area (Å²) in [5.41, 5.74) is 0. The fraction of sp³-hybridized carbons (Fsp3) is 0.273. The Labute approximate surface area is 99.2 Å². The maximum atomic E-state index is 12.9. The van der Waals surface area contributed by atoms with E-state index in [2.05, 4.69) is 4.72 Å². The molecule has 17 heavy (non-hydrogen) atoms. The second kappa shape index (κ2) is 5.88. The summed E-state index contributed by atoms with van der Waals surface area (Å²) in [5.74, 6) is -2.25. The van der Waals surface area contributed by atoms with Gasteiger partial charge in [-0.05, 0) is 31.5 Å². The molecule has 0 aromatic heterocycles. The summed E-state index contributed by atoms with van der Waals surface area (Å²) in [4.78, 5) is -0.281. The largest absolute Gasteiger partial charge is 0.240 e. The lowest BCUT2D eigenvalue weighted by Crippen LogP contribution is -2.24. The molecule has 0 atom stereocenters. The minimum atomic E-state index is -3.77. The molecule has 0 aliphatic carbocycles. The Balaban J connectivity index is 2.79. The molecule has 0 heterocycles. The molecular weight excluding hydrogens is 248 g/mol. The molecular formula is C11H13F2NO2S. The fourth-order valence-electron chi connectivity index (χ4n) is 1.17. The summed E-state index contributed by atoms with van der Waals surface area (Å²) in [7, 11) is -3.77. The topological polar surface area (TPSA) is 46.2 Å². The third-order valence-corrected chi connectivity index (χ3v) is 3.50. The number of nitrogens with one attached hydrogen (secondary N) is 1. The third-order valence-electron chi connectivity index (χ3n) is 2.04. The van der Waals surface area contributed by atoms with Crippen LogP contribution in [0.1, 0.15) is 13.3 Å². The van der Waals surface area contributed by atoms with E-state index in [9.17, 15) is 17.2 Å². The first kappa shape index (κ1) is 13.8.